The molecule has 6 nitrogen and oxygen atoms in total. The minimum atomic E-state index is -0.197. The molecule has 1 amide bonds. The fraction of sp³-hybridized carbons (Fsp3) is 0.342. The highest BCUT2D eigenvalue weighted by Crippen LogP contribution is 2.58. The van der Waals surface area contributed by atoms with Gasteiger partial charge in [-0.1, -0.05) is 85.6 Å². The van der Waals surface area contributed by atoms with Gasteiger partial charge in [-0.2, -0.15) is 0 Å². The molecule has 0 unspecified atom stereocenters. The van der Waals surface area contributed by atoms with Gasteiger partial charge < -0.3 is 25.4 Å². The summed E-state index contributed by atoms with van der Waals surface area (Å²) in [6, 6.07) is 30.6. The normalized spacial score (nSPS) is 22.0. The van der Waals surface area contributed by atoms with Gasteiger partial charge in [0.15, 0.2) is 0 Å². The molecule has 6 heteroatoms. The highest BCUT2D eigenvalue weighted by molar-refractivity contribution is 5.79. The van der Waals surface area contributed by atoms with Crippen LogP contribution in [0.15, 0.2) is 91.0 Å². The van der Waals surface area contributed by atoms with Gasteiger partial charge in [0.25, 0.3) is 0 Å². The van der Waals surface area contributed by atoms with E-state index in [9.17, 15) is 4.79 Å². The van der Waals surface area contributed by atoms with Crippen molar-refractivity contribution in [3.8, 4) is 5.75 Å². The van der Waals surface area contributed by atoms with E-state index < -0.39 is 0 Å². The van der Waals surface area contributed by atoms with Crippen LogP contribution in [-0.4, -0.2) is 23.6 Å². The summed E-state index contributed by atoms with van der Waals surface area (Å²) in [6.07, 6.45) is 6.24. The first-order valence-electron chi connectivity index (χ1n) is 16.0. The zero-order valence-corrected chi connectivity index (χ0v) is 25.4. The Morgan fingerprint density at radius 2 is 1.64 bits per heavy atom. The molecule has 0 radical (unpaired) electrons. The van der Waals surface area contributed by atoms with E-state index in [-0.39, 0.29) is 17.6 Å². The maximum atomic E-state index is 13.6. The van der Waals surface area contributed by atoms with E-state index in [2.05, 4.69) is 30.4 Å². The maximum Gasteiger partial charge on any atom is 0.410 e. The Labute approximate surface area is 260 Å². The molecule has 1 saturated carbocycles. The number of likely N-dealkylation sites (tertiary alicyclic amines) is 1. The molecule has 3 aliphatic rings. The van der Waals surface area contributed by atoms with E-state index in [1.54, 1.807) is 0 Å². The molecule has 1 heterocycles. The van der Waals surface area contributed by atoms with Crippen molar-refractivity contribution in [2.45, 2.75) is 70.1 Å². The fourth-order valence-electron chi connectivity index (χ4n) is 8.09. The van der Waals surface area contributed by atoms with Gasteiger partial charge in [0.05, 0.1) is 17.1 Å². The van der Waals surface area contributed by atoms with Crippen LogP contribution in [0.3, 0.4) is 0 Å². The molecule has 2 bridgehead atoms. The van der Waals surface area contributed by atoms with Gasteiger partial charge in [-0.05, 0) is 84.5 Å². The van der Waals surface area contributed by atoms with Crippen LogP contribution in [0.1, 0.15) is 59.9 Å². The molecule has 4 aromatic carbocycles. The van der Waals surface area contributed by atoms with Gasteiger partial charge in [0.1, 0.15) is 19.0 Å². The number of nitrogen functional groups attached to an aromatic ring is 1. The van der Waals surface area contributed by atoms with Crippen molar-refractivity contribution in [2.75, 3.05) is 17.6 Å². The number of fused-ring (bicyclic) bond motifs is 1. The van der Waals surface area contributed by atoms with Crippen molar-refractivity contribution >= 4 is 23.2 Å². The van der Waals surface area contributed by atoms with Crippen LogP contribution in [0.25, 0.3) is 0 Å². The van der Waals surface area contributed by atoms with Crippen LogP contribution in [0, 0.1) is 12.8 Å². The molecule has 3 atom stereocenters. The Morgan fingerprint density at radius 3 is 2.39 bits per heavy atom. The molecule has 4 aromatic rings. The predicted octanol–water partition coefficient (Wildman–Crippen LogP) is 8.30. The molecular formula is C38H41N3O3. The van der Waals surface area contributed by atoms with Crippen LogP contribution in [0.4, 0.5) is 21.9 Å². The number of hydrogen-bond donors (Lipinski definition) is 2. The third kappa shape index (κ3) is 5.17. The van der Waals surface area contributed by atoms with Crippen molar-refractivity contribution in [1.82, 2.24) is 4.90 Å². The number of nitrogens with two attached hydrogens (primary N) is 1. The number of nitrogens with zero attached hydrogens (tertiary/aromatic N) is 1. The minimum absolute atomic E-state index is 0.0344. The van der Waals surface area contributed by atoms with Crippen LogP contribution in [0.2, 0.25) is 0 Å². The summed E-state index contributed by atoms with van der Waals surface area (Å²) in [5.74, 6) is 1.27. The summed E-state index contributed by atoms with van der Waals surface area (Å²) in [7, 11) is 0. The lowest BCUT2D eigenvalue weighted by atomic mass is 9.52. The lowest BCUT2D eigenvalue weighted by Crippen LogP contribution is -2.62. The maximum absolute atomic E-state index is 13.6. The molecule has 226 valence electrons. The lowest BCUT2D eigenvalue weighted by Gasteiger charge is -2.59. The topological polar surface area (TPSA) is 76.8 Å². The molecule has 44 heavy (non-hydrogen) atoms. The van der Waals surface area contributed by atoms with Crippen molar-refractivity contribution in [1.29, 1.82) is 0 Å². The van der Waals surface area contributed by atoms with E-state index in [1.165, 1.54) is 29.5 Å². The number of ether oxygens (including phenoxy) is 2. The fourth-order valence-corrected chi connectivity index (χ4v) is 8.09. The standard InChI is InChI=1S/C38H41N3O3/c1-26-29-22-34-30-16-10-11-19-38(30,20-21-41(34)37(42)44-25-28-14-6-3-7-15-28)31(29)23-35(43-24-27-12-4-2-5-13-27)36(26)40-33-18-9-8-17-32(33)39/h2-9,12-15,17-18,23,30,34,40H,10-11,16,19-22,24-25,39H2,1H3/t30-,34+,38+/m0/s1. The van der Waals surface area contributed by atoms with Crippen LogP contribution in [-0.2, 0) is 29.8 Å². The SMILES string of the molecule is Cc1c2c(cc(OCc3ccccc3)c1Nc1ccccc1N)[C@@]13CCCC[C@H]1[C@@H](C2)N(C(=O)OCc1ccccc1)CC3. The van der Waals surface area contributed by atoms with Gasteiger partial charge in [0.2, 0.25) is 0 Å². The summed E-state index contributed by atoms with van der Waals surface area (Å²) in [6.45, 7) is 3.69. The van der Waals surface area contributed by atoms with Crippen LogP contribution in [0.5, 0.6) is 5.75 Å². The van der Waals surface area contributed by atoms with E-state index in [0.717, 1.165) is 53.9 Å². The Morgan fingerprint density at radius 1 is 0.932 bits per heavy atom. The van der Waals surface area contributed by atoms with Gasteiger partial charge >= 0.3 is 6.09 Å². The summed E-state index contributed by atoms with van der Waals surface area (Å²) in [5, 5.41) is 3.65. The molecule has 1 saturated heterocycles. The summed E-state index contributed by atoms with van der Waals surface area (Å²) in [4.78, 5) is 15.7. The van der Waals surface area contributed by atoms with Gasteiger partial charge in [-0.15, -0.1) is 0 Å². The molecule has 1 aliphatic heterocycles. The monoisotopic (exact) mass is 587 g/mol. The zero-order valence-electron chi connectivity index (χ0n) is 25.4. The molecule has 0 spiro atoms. The number of piperidine rings is 1. The van der Waals surface area contributed by atoms with Gasteiger partial charge in [-0.25, -0.2) is 4.79 Å². The van der Waals surface area contributed by atoms with Crippen molar-refractivity contribution in [2.24, 2.45) is 5.92 Å². The summed E-state index contributed by atoms with van der Waals surface area (Å²) in [5.41, 5.74) is 15.0. The van der Waals surface area contributed by atoms with E-state index in [0.29, 0.717) is 31.4 Å². The van der Waals surface area contributed by atoms with Gasteiger partial charge in [-0.3, -0.25) is 0 Å². The van der Waals surface area contributed by atoms with Crippen LogP contribution >= 0.6 is 0 Å². The van der Waals surface area contributed by atoms with Crippen molar-refractivity contribution in [3.63, 3.8) is 0 Å². The van der Waals surface area contributed by atoms with E-state index >= 15 is 0 Å². The largest absolute Gasteiger partial charge is 0.487 e. The highest BCUT2D eigenvalue weighted by atomic mass is 16.6. The van der Waals surface area contributed by atoms with Crippen molar-refractivity contribution < 1.29 is 14.3 Å². The molecular weight excluding hydrogens is 546 g/mol. The smallest absolute Gasteiger partial charge is 0.410 e. The summed E-state index contributed by atoms with van der Waals surface area (Å²) < 4.78 is 12.5. The Bertz CT molecular complexity index is 1640. The van der Waals surface area contributed by atoms with E-state index in [4.69, 9.17) is 15.2 Å². The van der Waals surface area contributed by atoms with Crippen molar-refractivity contribution in [3.05, 3.63) is 119 Å². The number of para-hydroxylation sites is 2. The third-order valence-corrected chi connectivity index (χ3v) is 10.3. The first-order chi connectivity index (χ1) is 21.5. The minimum Gasteiger partial charge on any atom is -0.487 e. The Kier molecular flexibility index (Phi) is 7.67. The molecule has 7 rings (SSSR count). The third-order valence-electron chi connectivity index (χ3n) is 10.3. The highest BCUT2D eigenvalue weighted by Gasteiger charge is 2.55. The average molecular weight is 588 g/mol. The molecule has 2 aliphatic carbocycles. The Hall–Kier alpha value is -4.45. The van der Waals surface area contributed by atoms with Gasteiger partial charge in [0, 0.05) is 18.0 Å². The quantitative estimate of drug-likeness (QED) is 0.213. The predicted molar refractivity (Wildman–Crippen MR) is 175 cm³/mol. The first-order valence-corrected chi connectivity index (χ1v) is 16.0. The van der Waals surface area contributed by atoms with E-state index in [1.807, 2.05) is 77.7 Å². The number of amides is 1. The number of carbonyl (C=O) groups is 1. The number of carbonyl (C=O) groups excluding carboxylic acids is 1. The number of nitrogens with one attached hydrogen (secondary N) is 1. The number of hydrogen-bond acceptors (Lipinski definition) is 5. The van der Waals surface area contributed by atoms with Crippen LogP contribution < -0.4 is 15.8 Å². The second-order valence-corrected chi connectivity index (χ2v) is 12.7. The second kappa shape index (κ2) is 11.9. The lowest BCUT2D eigenvalue weighted by molar-refractivity contribution is -0.0138. The Balaban J connectivity index is 1.26. The first kappa shape index (κ1) is 28.3. The zero-order chi connectivity index (χ0) is 30.1. The average Bonchev–Trinajstić information content (AvgIpc) is 3.06. The second-order valence-electron chi connectivity index (χ2n) is 12.7. The summed E-state index contributed by atoms with van der Waals surface area (Å²) >= 11 is 0. The number of anilines is 3. The molecule has 0 aromatic heterocycles. The number of benzene rings is 4. The number of rotatable bonds is 7. The molecule has 3 N–H and O–H groups in total. The molecule has 2 fully saturated rings.